The van der Waals surface area contributed by atoms with Crippen molar-refractivity contribution in [1.82, 2.24) is 4.90 Å². The molecule has 1 saturated carbocycles. The number of hydrogen-bond donors (Lipinski definition) is 0. The minimum atomic E-state index is -0.256. The molecule has 1 aliphatic carbocycles. The van der Waals surface area contributed by atoms with Crippen LogP contribution in [0.5, 0.6) is 11.5 Å². The van der Waals surface area contributed by atoms with Gasteiger partial charge >= 0.3 is 6.09 Å². The van der Waals surface area contributed by atoms with Crippen LogP contribution < -0.4 is 9.47 Å². The summed E-state index contributed by atoms with van der Waals surface area (Å²) in [4.78, 5) is 15.4. The van der Waals surface area contributed by atoms with Crippen molar-refractivity contribution in [2.24, 2.45) is 0 Å². The van der Waals surface area contributed by atoms with E-state index in [4.69, 9.17) is 14.2 Å². The van der Waals surface area contributed by atoms with E-state index < -0.39 is 0 Å². The van der Waals surface area contributed by atoms with Gasteiger partial charge in [-0.1, -0.05) is 12.1 Å². The summed E-state index contributed by atoms with van der Waals surface area (Å²) in [5, 5.41) is 2.02. The number of ether oxygens (including phenoxy) is 3. The standard InChI is InChI=1S/C21H25NO4S/c1-24-19-9-8-15(13-20(19)25-16-5-2-3-6-16)18-10-11-22(21(23)26-18)14-17-7-4-12-27-17/h4,7-9,12-13,16,18H,2-3,5-6,10-11,14H2,1H3. The first kappa shape index (κ1) is 18.2. The van der Waals surface area contributed by atoms with Crippen molar-refractivity contribution < 1.29 is 19.0 Å². The van der Waals surface area contributed by atoms with Gasteiger partial charge in [-0.2, -0.15) is 0 Å². The number of benzene rings is 1. The zero-order valence-corrected chi connectivity index (χ0v) is 16.4. The number of thiophene rings is 1. The lowest BCUT2D eigenvalue weighted by Crippen LogP contribution is -2.38. The first-order valence-corrected chi connectivity index (χ1v) is 10.4. The molecule has 0 radical (unpaired) electrons. The number of methoxy groups -OCH3 is 1. The minimum absolute atomic E-state index is 0.242. The van der Waals surface area contributed by atoms with Gasteiger partial charge in [0.05, 0.1) is 19.8 Å². The number of rotatable bonds is 6. The molecule has 5 nitrogen and oxygen atoms in total. The van der Waals surface area contributed by atoms with Crippen LogP contribution in [0.1, 0.15) is 48.6 Å². The second kappa shape index (κ2) is 8.21. The molecule has 6 heteroatoms. The number of carbonyl (C=O) groups is 1. The summed E-state index contributed by atoms with van der Waals surface area (Å²) in [6, 6.07) is 9.89. The first-order chi connectivity index (χ1) is 13.2. The van der Waals surface area contributed by atoms with Crippen molar-refractivity contribution in [3.05, 3.63) is 46.2 Å². The Morgan fingerprint density at radius 2 is 2.04 bits per heavy atom. The number of nitrogens with zero attached hydrogens (tertiary/aromatic N) is 1. The predicted molar refractivity (Wildman–Crippen MR) is 104 cm³/mol. The lowest BCUT2D eigenvalue weighted by atomic mass is 10.0. The minimum Gasteiger partial charge on any atom is -0.493 e. The molecule has 0 bridgehead atoms. The molecule has 2 aromatic rings. The molecule has 1 aromatic carbocycles. The van der Waals surface area contributed by atoms with Gasteiger partial charge in [-0.05, 0) is 54.8 Å². The van der Waals surface area contributed by atoms with E-state index in [2.05, 4.69) is 0 Å². The average molecular weight is 388 g/mol. The van der Waals surface area contributed by atoms with Gasteiger partial charge in [0, 0.05) is 17.8 Å². The Bertz CT molecular complexity index is 770. The molecule has 0 N–H and O–H groups in total. The molecule has 1 atom stereocenters. The third kappa shape index (κ3) is 4.21. The number of cyclic esters (lactones) is 1. The van der Waals surface area contributed by atoms with E-state index in [0.717, 1.165) is 36.3 Å². The van der Waals surface area contributed by atoms with Crippen LogP contribution in [0.3, 0.4) is 0 Å². The fraction of sp³-hybridized carbons (Fsp3) is 0.476. The lowest BCUT2D eigenvalue weighted by Gasteiger charge is -2.32. The molecule has 2 aliphatic rings. The highest BCUT2D eigenvalue weighted by Gasteiger charge is 2.29. The molecule has 4 rings (SSSR count). The molecule has 2 fully saturated rings. The summed E-state index contributed by atoms with van der Waals surface area (Å²) in [6.45, 7) is 1.30. The van der Waals surface area contributed by atoms with Crippen molar-refractivity contribution in [3.8, 4) is 11.5 Å². The van der Waals surface area contributed by atoms with Crippen molar-refractivity contribution in [2.45, 2.75) is 50.9 Å². The number of hydrogen-bond acceptors (Lipinski definition) is 5. The van der Waals surface area contributed by atoms with Gasteiger partial charge in [-0.25, -0.2) is 4.79 Å². The Morgan fingerprint density at radius 3 is 2.74 bits per heavy atom. The zero-order valence-electron chi connectivity index (χ0n) is 15.6. The summed E-state index contributed by atoms with van der Waals surface area (Å²) in [6.07, 6.45) is 5.13. The van der Waals surface area contributed by atoms with E-state index in [-0.39, 0.29) is 18.3 Å². The summed E-state index contributed by atoms with van der Waals surface area (Å²) in [5.74, 6) is 1.48. The smallest absolute Gasteiger partial charge is 0.410 e. The van der Waals surface area contributed by atoms with Gasteiger partial charge < -0.3 is 19.1 Å². The topological polar surface area (TPSA) is 48.0 Å². The second-order valence-electron chi connectivity index (χ2n) is 7.10. The Labute approximate surface area is 163 Å². The number of carbonyl (C=O) groups excluding carboxylic acids is 1. The molecule has 1 aliphatic heterocycles. The van der Waals surface area contributed by atoms with E-state index >= 15 is 0 Å². The van der Waals surface area contributed by atoms with Gasteiger partial charge in [-0.15, -0.1) is 11.3 Å². The maximum absolute atomic E-state index is 12.4. The third-order valence-electron chi connectivity index (χ3n) is 5.24. The third-order valence-corrected chi connectivity index (χ3v) is 6.11. The summed E-state index contributed by atoms with van der Waals surface area (Å²) >= 11 is 1.66. The molecular weight excluding hydrogens is 362 g/mol. The van der Waals surface area contributed by atoms with Crippen LogP contribution in [0.2, 0.25) is 0 Å². The van der Waals surface area contributed by atoms with Crippen LogP contribution in [0, 0.1) is 0 Å². The molecule has 1 amide bonds. The largest absolute Gasteiger partial charge is 0.493 e. The molecule has 1 saturated heterocycles. The van der Waals surface area contributed by atoms with Gasteiger partial charge in [0.15, 0.2) is 11.5 Å². The SMILES string of the molecule is COc1ccc(C2CCN(Cc3cccs3)C(=O)O2)cc1OC1CCCC1. The summed E-state index contributed by atoms with van der Waals surface area (Å²) in [5.41, 5.74) is 0.966. The lowest BCUT2D eigenvalue weighted by molar-refractivity contribution is 0.0218. The van der Waals surface area contributed by atoms with E-state index in [9.17, 15) is 4.79 Å². The van der Waals surface area contributed by atoms with Crippen LogP contribution in [0.4, 0.5) is 4.79 Å². The molecule has 27 heavy (non-hydrogen) atoms. The van der Waals surface area contributed by atoms with Crippen molar-refractivity contribution in [3.63, 3.8) is 0 Å². The molecule has 2 heterocycles. The maximum Gasteiger partial charge on any atom is 0.410 e. The highest BCUT2D eigenvalue weighted by Crippen LogP contribution is 2.36. The van der Waals surface area contributed by atoms with E-state index in [1.54, 1.807) is 23.3 Å². The van der Waals surface area contributed by atoms with Gasteiger partial charge in [0.2, 0.25) is 0 Å². The Morgan fingerprint density at radius 1 is 1.19 bits per heavy atom. The quantitative estimate of drug-likeness (QED) is 0.687. The van der Waals surface area contributed by atoms with E-state index in [1.807, 2.05) is 35.7 Å². The van der Waals surface area contributed by atoms with Crippen LogP contribution in [0.15, 0.2) is 35.7 Å². The van der Waals surface area contributed by atoms with Crippen molar-refractivity contribution in [1.29, 1.82) is 0 Å². The average Bonchev–Trinajstić information content (AvgIpc) is 3.37. The molecular formula is C21H25NO4S. The summed E-state index contributed by atoms with van der Waals surface area (Å²) < 4.78 is 17.4. The molecule has 0 spiro atoms. The van der Waals surface area contributed by atoms with Gasteiger partial charge in [-0.3, -0.25) is 0 Å². The van der Waals surface area contributed by atoms with Crippen LogP contribution in [-0.2, 0) is 11.3 Å². The van der Waals surface area contributed by atoms with E-state index in [0.29, 0.717) is 13.1 Å². The van der Waals surface area contributed by atoms with Crippen LogP contribution >= 0.6 is 11.3 Å². The fourth-order valence-corrected chi connectivity index (χ4v) is 4.48. The Hall–Kier alpha value is -2.21. The number of amides is 1. The van der Waals surface area contributed by atoms with Crippen LogP contribution in [0.25, 0.3) is 0 Å². The van der Waals surface area contributed by atoms with Gasteiger partial charge in [0.1, 0.15) is 6.10 Å². The van der Waals surface area contributed by atoms with E-state index in [1.165, 1.54) is 17.7 Å². The Kier molecular flexibility index (Phi) is 5.53. The normalized spacial score (nSPS) is 20.6. The first-order valence-electron chi connectivity index (χ1n) is 9.55. The predicted octanol–water partition coefficient (Wildman–Crippen LogP) is 5.16. The van der Waals surface area contributed by atoms with Crippen LogP contribution in [-0.4, -0.2) is 30.8 Å². The van der Waals surface area contributed by atoms with Crippen molar-refractivity contribution >= 4 is 17.4 Å². The van der Waals surface area contributed by atoms with Gasteiger partial charge in [0.25, 0.3) is 0 Å². The highest BCUT2D eigenvalue weighted by atomic mass is 32.1. The monoisotopic (exact) mass is 387 g/mol. The highest BCUT2D eigenvalue weighted by molar-refractivity contribution is 7.09. The Balaban J connectivity index is 1.44. The molecule has 1 aromatic heterocycles. The molecule has 144 valence electrons. The fourth-order valence-electron chi connectivity index (χ4n) is 3.76. The zero-order chi connectivity index (χ0) is 18.6. The van der Waals surface area contributed by atoms with Crippen molar-refractivity contribution in [2.75, 3.05) is 13.7 Å². The maximum atomic E-state index is 12.4. The summed E-state index contributed by atoms with van der Waals surface area (Å²) in [7, 11) is 1.65. The molecule has 1 unspecified atom stereocenters. The second-order valence-corrected chi connectivity index (χ2v) is 8.13.